The van der Waals surface area contributed by atoms with E-state index in [1.165, 1.54) is 18.2 Å². The van der Waals surface area contributed by atoms with Crippen LogP contribution in [0.1, 0.15) is 29.9 Å². The van der Waals surface area contributed by atoms with Crippen LogP contribution < -0.4 is 5.73 Å². The number of anilines is 1. The quantitative estimate of drug-likeness (QED) is 0.899. The summed E-state index contributed by atoms with van der Waals surface area (Å²) in [5, 5.41) is 9.06. The van der Waals surface area contributed by atoms with Gasteiger partial charge in [0.25, 0.3) is 0 Å². The maximum Gasteiger partial charge on any atom is 0.356 e. The molecule has 0 aliphatic carbocycles. The lowest BCUT2D eigenvalue weighted by molar-refractivity contribution is 0.0692. The summed E-state index contributed by atoms with van der Waals surface area (Å²) in [5.74, 6) is -1.33. The van der Waals surface area contributed by atoms with Crippen molar-refractivity contribution in [2.45, 2.75) is 13.8 Å². The van der Waals surface area contributed by atoms with Crippen LogP contribution in [0, 0.1) is 11.7 Å². The molecule has 1 aromatic carbocycles. The highest BCUT2D eigenvalue weighted by Crippen LogP contribution is 2.25. The number of benzene rings is 1. The molecule has 5 heteroatoms. The van der Waals surface area contributed by atoms with E-state index in [0.717, 1.165) is 5.56 Å². The molecule has 0 radical (unpaired) electrons. The van der Waals surface area contributed by atoms with Gasteiger partial charge in [0.15, 0.2) is 5.69 Å². The van der Waals surface area contributed by atoms with Gasteiger partial charge < -0.3 is 10.8 Å². The van der Waals surface area contributed by atoms with Gasteiger partial charge in [-0.2, -0.15) is 0 Å². The lowest BCUT2D eigenvalue weighted by Crippen LogP contribution is -2.06. The van der Waals surface area contributed by atoms with Crippen LogP contribution in [-0.4, -0.2) is 16.1 Å². The van der Waals surface area contributed by atoms with Crippen LogP contribution in [0.2, 0.25) is 0 Å². The van der Waals surface area contributed by atoms with Gasteiger partial charge in [0.05, 0.1) is 11.4 Å². The largest absolute Gasteiger partial charge is 0.476 e. The lowest BCUT2D eigenvalue weighted by atomic mass is 10.0. The fourth-order valence-corrected chi connectivity index (χ4v) is 1.94. The first-order chi connectivity index (χ1) is 10.4. The van der Waals surface area contributed by atoms with Crippen molar-refractivity contribution >= 4 is 17.7 Å². The molecule has 1 heterocycles. The van der Waals surface area contributed by atoms with Gasteiger partial charge in [0, 0.05) is 5.56 Å². The van der Waals surface area contributed by atoms with Gasteiger partial charge in [0.1, 0.15) is 5.82 Å². The highest BCUT2D eigenvalue weighted by atomic mass is 19.1. The highest BCUT2D eigenvalue weighted by Gasteiger charge is 2.14. The van der Waals surface area contributed by atoms with Crippen LogP contribution in [0.25, 0.3) is 17.3 Å². The summed E-state index contributed by atoms with van der Waals surface area (Å²) in [7, 11) is 0. The van der Waals surface area contributed by atoms with E-state index in [-0.39, 0.29) is 22.6 Å². The van der Waals surface area contributed by atoms with E-state index in [1.54, 1.807) is 12.1 Å². The molecule has 22 heavy (non-hydrogen) atoms. The number of nitrogens with two attached hydrogens (primary N) is 1. The first kappa shape index (κ1) is 15.7. The summed E-state index contributed by atoms with van der Waals surface area (Å²) in [5.41, 5.74) is 6.64. The number of nitrogen functional groups attached to an aromatic ring is 1. The Hall–Kier alpha value is -2.69. The summed E-state index contributed by atoms with van der Waals surface area (Å²) < 4.78 is 14.0. The van der Waals surface area contributed by atoms with E-state index in [0.29, 0.717) is 5.92 Å². The first-order valence-electron chi connectivity index (χ1n) is 6.86. The fourth-order valence-electron chi connectivity index (χ4n) is 1.94. The maximum absolute atomic E-state index is 14.0. The third-order valence-corrected chi connectivity index (χ3v) is 3.07. The van der Waals surface area contributed by atoms with Crippen LogP contribution >= 0.6 is 0 Å². The maximum atomic E-state index is 14.0. The number of aromatic carboxylic acids is 1. The molecule has 0 spiro atoms. The average Bonchev–Trinajstić information content (AvgIpc) is 2.46. The van der Waals surface area contributed by atoms with E-state index in [4.69, 9.17) is 10.8 Å². The summed E-state index contributed by atoms with van der Waals surface area (Å²) in [4.78, 5) is 15.0. The van der Waals surface area contributed by atoms with Crippen LogP contribution in [0.3, 0.4) is 0 Å². The van der Waals surface area contributed by atoms with Crippen molar-refractivity contribution in [2.24, 2.45) is 5.92 Å². The molecule has 1 aromatic heterocycles. The number of carboxylic acids is 1. The Kier molecular flexibility index (Phi) is 4.56. The average molecular weight is 300 g/mol. The minimum absolute atomic E-state index is 0.0486. The fraction of sp³-hybridized carbons (Fsp3) is 0.176. The predicted molar refractivity (Wildman–Crippen MR) is 84.9 cm³/mol. The second-order valence-electron chi connectivity index (χ2n) is 5.28. The molecule has 4 nitrogen and oxygen atoms in total. The molecular formula is C17H17FN2O2. The van der Waals surface area contributed by atoms with E-state index >= 15 is 0 Å². The molecule has 0 unspecified atom stereocenters. The minimum Gasteiger partial charge on any atom is -0.476 e. The monoisotopic (exact) mass is 300 g/mol. The zero-order valence-corrected chi connectivity index (χ0v) is 12.4. The molecule has 0 aliphatic heterocycles. The molecule has 114 valence electrons. The minimum atomic E-state index is -1.24. The first-order valence-corrected chi connectivity index (χ1v) is 6.86. The number of carboxylic acid groups (broad SMARTS) is 1. The van der Waals surface area contributed by atoms with Crippen molar-refractivity contribution in [3.8, 4) is 11.3 Å². The number of pyridine rings is 1. The second kappa shape index (κ2) is 6.39. The van der Waals surface area contributed by atoms with Crippen molar-refractivity contribution in [1.82, 2.24) is 4.98 Å². The molecule has 0 saturated heterocycles. The van der Waals surface area contributed by atoms with Gasteiger partial charge in [-0.05, 0) is 35.7 Å². The number of allylic oxidation sites excluding steroid dienone is 1. The van der Waals surface area contributed by atoms with Crippen LogP contribution in [0.4, 0.5) is 10.1 Å². The van der Waals surface area contributed by atoms with Gasteiger partial charge in [-0.15, -0.1) is 0 Å². The summed E-state index contributed by atoms with van der Waals surface area (Å²) in [6.45, 7) is 4.09. The zero-order valence-electron chi connectivity index (χ0n) is 12.4. The van der Waals surface area contributed by atoms with E-state index in [2.05, 4.69) is 4.98 Å². The summed E-state index contributed by atoms with van der Waals surface area (Å²) in [6, 6.07) is 7.57. The molecule has 2 aromatic rings. The predicted octanol–water partition coefficient (Wildman–Crippen LogP) is 3.84. The summed E-state index contributed by atoms with van der Waals surface area (Å²) >= 11 is 0. The number of hydrogen-bond donors (Lipinski definition) is 2. The Balaban J connectivity index is 2.50. The Morgan fingerprint density at radius 3 is 2.68 bits per heavy atom. The molecule has 2 rings (SSSR count). The van der Waals surface area contributed by atoms with Crippen LogP contribution in [0.15, 0.2) is 36.4 Å². The summed E-state index contributed by atoms with van der Waals surface area (Å²) in [6.07, 6.45) is 3.89. The Morgan fingerprint density at radius 1 is 1.32 bits per heavy atom. The molecule has 3 N–H and O–H groups in total. The number of nitrogens with zero attached hydrogens (tertiary/aromatic N) is 1. The highest BCUT2D eigenvalue weighted by molar-refractivity contribution is 5.92. The van der Waals surface area contributed by atoms with Gasteiger partial charge >= 0.3 is 5.97 Å². The van der Waals surface area contributed by atoms with Crippen molar-refractivity contribution in [3.63, 3.8) is 0 Å². The van der Waals surface area contributed by atoms with Gasteiger partial charge in [-0.25, -0.2) is 14.2 Å². The van der Waals surface area contributed by atoms with Crippen molar-refractivity contribution in [2.75, 3.05) is 5.73 Å². The van der Waals surface area contributed by atoms with E-state index in [1.807, 2.05) is 26.0 Å². The molecule has 0 aliphatic rings. The molecule has 0 amide bonds. The van der Waals surface area contributed by atoms with Crippen LogP contribution in [-0.2, 0) is 0 Å². The molecular weight excluding hydrogens is 283 g/mol. The standard InChI is InChI=1S/C17H17FN2O2/c1-10(2)3-4-11-5-6-13(18)12(9-11)15-8-7-14(19)16(20-15)17(21)22/h3-10H,19H2,1-2H3,(H,21,22). The van der Waals surface area contributed by atoms with Gasteiger partial charge in [-0.3, -0.25) is 0 Å². The molecule has 0 fully saturated rings. The molecule has 0 atom stereocenters. The number of hydrogen-bond acceptors (Lipinski definition) is 3. The van der Waals surface area contributed by atoms with Crippen LogP contribution in [0.5, 0.6) is 0 Å². The third kappa shape index (κ3) is 3.49. The van der Waals surface area contributed by atoms with E-state index < -0.39 is 11.8 Å². The van der Waals surface area contributed by atoms with Crippen molar-refractivity contribution < 1.29 is 14.3 Å². The number of aromatic nitrogens is 1. The lowest BCUT2D eigenvalue weighted by Gasteiger charge is -2.07. The third-order valence-electron chi connectivity index (χ3n) is 3.07. The van der Waals surface area contributed by atoms with E-state index in [9.17, 15) is 9.18 Å². The molecule has 0 saturated carbocycles. The van der Waals surface area contributed by atoms with Crippen molar-refractivity contribution in [3.05, 3.63) is 53.5 Å². The van der Waals surface area contributed by atoms with Crippen molar-refractivity contribution in [1.29, 1.82) is 0 Å². The number of halogens is 1. The topological polar surface area (TPSA) is 76.2 Å². The second-order valence-corrected chi connectivity index (χ2v) is 5.28. The SMILES string of the molecule is CC(C)C=Cc1ccc(F)c(-c2ccc(N)c(C(=O)O)n2)c1. The van der Waals surface area contributed by atoms with Gasteiger partial charge in [-0.1, -0.05) is 32.1 Å². The number of rotatable bonds is 4. The number of carbonyl (C=O) groups is 1. The Labute approximate surface area is 128 Å². The Morgan fingerprint density at radius 2 is 2.05 bits per heavy atom. The van der Waals surface area contributed by atoms with Gasteiger partial charge in [0.2, 0.25) is 0 Å². The Bertz CT molecular complexity index is 739. The smallest absolute Gasteiger partial charge is 0.356 e. The normalized spacial score (nSPS) is 11.3. The molecule has 0 bridgehead atoms. The zero-order chi connectivity index (χ0) is 16.3.